The number of hydrogen-bond acceptors (Lipinski definition) is 5. The molecule has 6 nitrogen and oxygen atoms in total. The molecule has 1 saturated heterocycles. The van der Waals surface area contributed by atoms with Gasteiger partial charge in [-0.2, -0.15) is 5.53 Å². The van der Waals surface area contributed by atoms with Crippen molar-refractivity contribution in [2.75, 3.05) is 13.1 Å². The zero-order chi connectivity index (χ0) is 12.0. The summed E-state index contributed by atoms with van der Waals surface area (Å²) in [5.74, 6) is -0.296. The summed E-state index contributed by atoms with van der Waals surface area (Å²) in [5, 5.41) is 0.239. The molecule has 0 spiro atoms. The van der Waals surface area contributed by atoms with Gasteiger partial charge >= 0.3 is 0 Å². The highest BCUT2D eigenvalue weighted by Crippen LogP contribution is 2.28. The number of hydrogen-bond donors (Lipinski definition) is 3. The molecule has 92 valence electrons. The van der Waals surface area contributed by atoms with Gasteiger partial charge in [0.2, 0.25) is 0 Å². The predicted octanol–water partition coefficient (Wildman–Crippen LogP) is -0.395. The highest BCUT2D eigenvalue weighted by atomic mass is 31.1. The third-order valence-corrected chi connectivity index (χ3v) is 3.47. The van der Waals surface area contributed by atoms with Crippen molar-refractivity contribution in [1.29, 1.82) is 0 Å². The Morgan fingerprint density at radius 3 is 3.06 bits per heavy atom. The smallest absolute Gasteiger partial charge is 0.264 e. The van der Waals surface area contributed by atoms with Gasteiger partial charge in [-0.1, -0.05) is 6.08 Å². The molecule has 1 aliphatic heterocycles. The van der Waals surface area contributed by atoms with Gasteiger partial charge in [-0.3, -0.25) is 9.80 Å². The molecule has 0 aliphatic carbocycles. The summed E-state index contributed by atoms with van der Waals surface area (Å²) in [7, 11) is -1.30. The number of carbonyl (C=O) groups is 1. The van der Waals surface area contributed by atoms with Crippen LogP contribution in [0.1, 0.15) is 19.3 Å². The minimum atomic E-state index is -1.30. The van der Waals surface area contributed by atoms with Crippen LogP contribution in [0, 0.1) is 0 Å². The Hall–Kier alpha value is -0.680. The fourth-order valence-electron chi connectivity index (χ4n) is 1.53. The second kappa shape index (κ2) is 6.15. The molecule has 0 aromatic carbocycles. The molecule has 1 heterocycles. The Kier molecular flexibility index (Phi) is 5.15. The molecule has 1 rings (SSSR count). The van der Waals surface area contributed by atoms with E-state index in [1.807, 2.05) is 0 Å². The molecular formula is C9H19N4O2P. The Morgan fingerprint density at radius 2 is 2.44 bits per heavy atom. The summed E-state index contributed by atoms with van der Waals surface area (Å²) in [4.78, 5) is 11.8. The fourth-order valence-corrected chi connectivity index (χ4v) is 2.11. The normalized spacial score (nSPS) is 26.6. The quantitative estimate of drug-likeness (QED) is 0.257. The van der Waals surface area contributed by atoms with Gasteiger partial charge < -0.3 is 10.3 Å². The molecule has 0 aromatic rings. The Labute approximate surface area is 96.4 Å². The number of nitrogens with zero attached hydrogens (tertiary/aromatic N) is 1. The lowest BCUT2D eigenvalue weighted by atomic mass is 10.1. The third-order valence-electron chi connectivity index (χ3n) is 2.51. The van der Waals surface area contributed by atoms with Gasteiger partial charge in [-0.05, 0) is 19.3 Å². The minimum Gasteiger partial charge on any atom is -0.328 e. The minimum absolute atomic E-state index is 0.296. The van der Waals surface area contributed by atoms with E-state index in [9.17, 15) is 9.36 Å². The summed E-state index contributed by atoms with van der Waals surface area (Å²) in [6.45, 7) is 4.85. The molecule has 2 atom stereocenters. The number of hydrazine groups is 2. The van der Waals surface area contributed by atoms with Gasteiger partial charge in [0, 0.05) is 13.1 Å². The van der Waals surface area contributed by atoms with E-state index in [0.717, 1.165) is 12.8 Å². The molecule has 0 radical (unpaired) electrons. The summed E-state index contributed by atoms with van der Waals surface area (Å²) in [6.07, 6.45) is 3.83. The van der Waals surface area contributed by atoms with Crippen molar-refractivity contribution in [3.05, 3.63) is 12.7 Å². The molecule has 1 amide bonds. The first-order valence-corrected chi connectivity index (χ1v) is 6.35. The van der Waals surface area contributed by atoms with E-state index in [-0.39, 0.29) is 5.91 Å². The van der Waals surface area contributed by atoms with E-state index in [1.54, 1.807) is 6.08 Å². The first-order valence-electron chi connectivity index (χ1n) is 5.30. The van der Waals surface area contributed by atoms with E-state index in [1.165, 1.54) is 5.01 Å². The molecule has 1 unspecified atom stereocenters. The lowest BCUT2D eigenvalue weighted by molar-refractivity contribution is -0.141. The summed E-state index contributed by atoms with van der Waals surface area (Å²) in [6, 6.07) is 0. The summed E-state index contributed by atoms with van der Waals surface area (Å²) >= 11 is 0. The van der Waals surface area contributed by atoms with Crippen LogP contribution >= 0.6 is 8.46 Å². The summed E-state index contributed by atoms with van der Waals surface area (Å²) in [5.41, 5.74) is 11.4. The van der Waals surface area contributed by atoms with Crippen molar-refractivity contribution in [2.45, 2.75) is 24.5 Å². The number of nitrogens with one attached hydrogen (secondary N) is 2. The van der Waals surface area contributed by atoms with Crippen LogP contribution in [0.3, 0.4) is 0 Å². The van der Waals surface area contributed by atoms with Crippen molar-refractivity contribution in [3.63, 3.8) is 0 Å². The van der Waals surface area contributed by atoms with Crippen LogP contribution in [0.15, 0.2) is 12.7 Å². The summed E-state index contributed by atoms with van der Waals surface area (Å²) < 4.78 is 11.0. The second-order valence-corrected chi connectivity index (χ2v) is 5.10. The third kappa shape index (κ3) is 3.15. The maximum Gasteiger partial charge on any atom is 0.264 e. The van der Waals surface area contributed by atoms with E-state index in [0.29, 0.717) is 19.5 Å². The van der Waals surface area contributed by atoms with Gasteiger partial charge in [0.15, 0.2) is 0 Å². The SMILES string of the molecule is C=CCCNNN1CCC[C@](N)([PH2]=O)C1=O. The molecule has 16 heavy (non-hydrogen) atoms. The molecule has 4 N–H and O–H groups in total. The molecule has 0 bridgehead atoms. The molecule has 1 aliphatic rings. The van der Waals surface area contributed by atoms with Gasteiger partial charge in [0.25, 0.3) is 5.91 Å². The van der Waals surface area contributed by atoms with Crippen molar-refractivity contribution in [1.82, 2.24) is 16.0 Å². The number of amides is 1. The average Bonchev–Trinajstić information content (AvgIpc) is 2.30. The number of piperidine rings is 1. The van der Waals surface area contributed by atoms with Crippen LogP contribution in [0.2, 0.25) is 0 Å². The number of nitrogens with two attached hydrogens (primary N) is 1. The molecule has 0 aromatic heterocycles. The molecule has 0 saturated carbocycles. The predicted molar refractivity (Wildman–Crippen MR) is 64.2 cm³/mol. The zero-order valence-corrected chi connectivity index (χ0v) is 10.4. The fraction of sp³-hybridized carbons (Fsp3) is 0.667. The van der Waals surface area contributed by atoms with Gasteiger partial charge in [0.05, 0.1) is 8.46 Å². The van der Waals surface area contributed by atoms with Gasteiger partial charge in [-0.25, -0.2) is 5.43 Å². The average molecular weight is 246 g/mol. The van der Waals surface area contributed by atoms with Crippen molar-refractivity contribution >= 4 is 14.4 Å². The van der Waals surface area contributed by atoms with Gasteiger partial charge in [0.1, 0.15) is 5.28 Å². The van der Waals surface area contributed by atoms with E-state index >= 15 is 0 Å². The van der Waals surface area contributed by atoms with Gasteiger partial charge in [-0.15, -0.1) is 6.58 Å². The van der Waals surface area contributed by atoms with Crippen LogP contribution in [-0.4, -0.2) is 29.3 Å². The van der Waals surface area contributed by atoms with Crippen LogP contribution in [0.25, 0.3) is 0 Å². The monoisotopic (exact) mass is 246 g/mol. The second-order valence-electron chi connectivity index (χ2n) is 3.83. The standard InChI is InChI=1S/C9H19N4O2P/c1-2-3-6-11-12-13-7-4-5-9(10,16-15)8(13)14/h2,11-12H,1,3-7,10,16H2/t9-/m0/s1. The van der Waals surface area contributed by atoms with E-state index in [4.69, 9.17) is 5.73 Å². The Balaban J connectivity index is 2.44. The highest BCUT2D eigenvalue weighted by molar-refractivity contribution is 7.27. The number of rotatable bonds is 6. The van der Waals surface area contributed by atoms with Crippen molar-refractivity contribution < 1.29 is 9.36 Å². The first kappa shape index (κ1) is 13.4. The van der Waals surface area contributed by atoms with E-state index in [2.05, 4.69) is 17.5 Å². The largest absolute Gasteiger partial charge is 0.328 e. The molecule has 1 fully saturated rings. The van der Waals surface area contributed by atoms with Crippen LogP contribution < -0.4 is 16.7 Å². The highest BCUT2D eigenvalue weighted by Gasteiger charge is 2.39. The Morgan fingerprint density at radius 1 is 1.69 bits per heavy atom. The van der Waals surface area contributed by atoms with Crippen LogP contribution in [0.5, 0.6) is 0 Å². The Bertz CT molecular complexity index is 287. The van der Waals surface area contributed by atoms with Crippen molar-refractivity contribution in [3.8, 4) is 0 Å². The first-order chi connectivity index (χ1) is 7.64. The zero-order valence-electron chi connectivity index (χ0n) is 9.24. The maximum absolute atomic E-state index is 11.8. The van der Waals surface area contributed by atoms with Crippen LogP contribution in [0.4, 0.5) is 0 Å². The van der Waals surface area contributed by atoms with E-state index < -0.39 is 13.7 Å². The number of carbonyl (C=O) groups excluding carboxylic acids is 1. The van der Waals surface area contributed by atoms with Crippen molar-refractivity contribution in [2.24, 2.45) is 5.73 Å². The topological polar surface area (TPSA) is 87.5 Å². The van der Waals surface area contributed by atoms with Crippen LogP contribution in [-0.2, 0) is 9.36 Å². The lowest BCUT2D eigenvalue weighted by Crippen LogP contribution is -2.62. The maximum atomic E-state index is 11.8. The molecular weight excluding hydrogens is 227 g/mol. The lowest BCUT2D eigenvalue weighted by Gasteiger charge is -2.36. The molecule has 7 heteroatoms.